The fourth-order valence-electron chi connectivity index (χ4n) is 9.91. The minimum atomic E-state index is -0.451. The van der Waals surface area contributed by atoms with Crippen LogP contribution in [0.3, 0.4) is 0 Å². The van der Waals surface area contributed by atoms with Gasteiger partial charge in [-0.05, 0) is 91.7 Å². The van der Waals surface area contributed by atoms with Crippen LogP contribution in [0.1, 0.15) is 22.3 Å². The Kier molecular flexibility index (Phi) is 6.29. The first-order valence-corrected chi connectivity index (χ1v) is 19.0. The zero-order valence-electron chi connectivity index (χ0n) is 29.9. The Morgan fingerprint density at radius 3 is 1.71 bits per heavy atom. The van der Waals surface area contributed by atoms with Crippen molar-refractivity contribution in [1.82, 2.24) is 0 Å². The maximum absolute atomic E-state index is 6.55. The third-order valence-electron chi connectivity index (χ3n) is 12.1. The summed E-state index contributed by atoms with van der Waals surface area (Å²) in [5, 5.41) is 4.65. The second-order valence-corrected chi connectivity index (χ2v) is 14.7. The molecule has 0 atom stereocenters. The van der Waals surface area contributed by atoms with E-state index in [1.807, 2.05) is 0 Å². The van der Waals surface area contributed by atoms with Gasteiger partial charge in [0.2, 0.25) is 0 Å². The van der Waals surface area contributed by atoms with E-state index < -0.39 is 5.41 Å². The van der Waals surface area contributed by atoms with Crippen molar-refractivity contribution in [2.24, 2.45) is 0 Å². The van der Waals surface area contributed by atoms with Crippen LogP contribution >= 0.6 is 0 Å². The number of anilines is 3. The summed E-state index contributed by atoms with van der Waals surface area (Å²) in [7, 11) is 0. The van der Waals surface area contributed by atoms with Crippen LogP contribution in [0.25, 0.3) is 66.1 Å². The molecule has 0 bridgehead atoms. The molecule has 9 aromatic carbocycles. The molecule has 256 valence electrons. The molecule has 1 spiro atoms. The Bertz CT molecular complexity index is 3140. The molecule has 2 heteroatoms. The highest BCUT2D eigenvalue weighted by atomic mass is 16.3. The summed E-state index contributed by atoms with van der Waals surface area (Å²) in [4.78, 5) is 2.51. The minimum absolute atomic E-state index is 0.451. The predicted molar refractivity (Wildman–Crippen MR) is 228 cm³/mol. The standard InChI is InChI=1S/C53H33NO/c1-2-16-35-33-36(32-31-34(35)15-1)37-17-6-11-26-46(37)54(48-28-14-30-50-52(48)41-21-7-12-29-49(41)55-50)47-27-13-25-45-51(47)40-20-5-10-24-44(40)53(45)42-22-8-3-18-38(42)39-19-4-9-23-43(39)53/h1-33H. The Morgan fingerprint density at radius 1 is 0.364 bits per heavy atom. The van der Waals surface area contributed by atoms with Crippen molar-refractivity contribution in [1.29, 1.82) is 0 Å². The molecule has 0 aliphatic heterocycles. The first-order valence-electron chi connectivity index (χ1n) is 19.0. The van der Waals surface area contributed by atoms with Gasteiger partial charge in [0.15, 0.2) is 0 Å². The third-order valence-corrected chi connectivity index (χ3v) is 12.1. The van der Waals surface area contributed by atoms with Crippen LogP contribution in [0.4, 0.5) is 17.1 Å². The Morgan fingerprint density at radius 2 is 0.909 bits per heavy atom. The molecule has 1 aromatic heterocycles. The van der Waals surface area contributed by atoms with E-state index in [0.717, 1.165) is 44.6 Å². The first kappa shape index (κ1) is 30.3. The molecule has 0 saturated carbocycles. The molecular weight excluding hydrogens is 667 g/mol. The van der Waals surface area contributed by atoms with Gasteiger partial charge in [0.1, 0.15) is 11.2 Å². The SMILES string of the molecule is c1ccc(N(c2cccc3c2-c2ccccc2C32c3ccccc3-c3ccccc32)c2cccc3oc4ccccc4c23)c(-c2ccc3ccccc3c2)c1. The average Bonchev–Trinajstić information content (AvgIpc) is 3.89. The zero-order valence-corrected chi connectivity index (χ0v) is 29.9. The van der Waals surface area contributed by atoms with Crippen molar-refractivity contribution >= 4 is 49.8 Å². The van der Waals surface area contributed by atoms with Gasteiger partial charge in [0.05, 0.1) is 27.9 Å². The van der Waals surface area contributed by atoms with E-state index in [1.54, 1.807) is 0 Å². The van der Waals surface area contributed by atoms with E-state index in [2.05, 4.69) is 205 Å². The summed E-state index contributed by atoms with van der Waals surface area (Å²) in [6.07, 6.45) is 0. The van der Waals surface area contributed by atoms with Crippen LogP contribution in [-0.2, 0) is 5.41 Å². The fourth-order valence-corrected chi connectivity index (χ4v) is 9.91. The number of rotatable bonds is 4. The molecule has 10 aromatic rings. The van der Waals surface area contributed by atoms with Crippen LogP contribution in [-0.4, -0.2) is 0 Å². The maximum Gasteiger partial charge on any atom is 0.137 e. The Labute approximate surface area is 319 Å². The molecule has 12 rings (SSSR count). The fraction of sp³-hybridized carbons (Fsp3) is 0.0189. The highest BCUT2D eigenvalue weighted by Gasteiger charge is 2.52. The van der Waals surface area contributed by atoms with E-state index in [-0.39, 0.29) is 0 Å². The van der Waals surface area contributed by atoms with Crippen LogP contribution in [0, 0.1) is 0 Å². The molecule has 1 heterocycles. The van der Waals surface area contributed by atoms with Crippen molar-refractivity contribution in [3.63, 3.8) is 0 Å². The molecule has 0 saturated heterocycles. The van der Waals surface area contributed by atoms with Crippen LogP contribution in [0.5, 0.6) is 0 Å². The van der Waals surface area contributed by atoms with Gasteiger partial charge in [0, 0.05) is 16.5 Å². The van der Waals surface area contributed by atoms with Gasteiger partial charge in [-0.1, -0.05) is 164 Å². The minimum Gasteiger partial charge on any atom is -0.456 e. The van der Waals surface area contributed by atoms with Gasteiger partial charge < -0.3 is 9.32 Å². The molecule has 2 nitrogen and oxygen atoms in total. The quantitative estimate of drug-likeness (QED) is 0.182. The molecule has 55 heavy (non-hydrogen) atoms. The van der Waals surface area contributed by atoms with E-state index in [4.69, 9.17) is 4.42 Å². The molecule has 2 aliphatic carbocycles. The van der Waals surface area contributed by atoms with Crippen molar-refractivity contribution < 1.29 is 4.42 Å². The highest BCUT2D eigenvalue weighted by Crippen LogP contribution is 2.65. The van der Waals surface area contributed by atoms with E-state index in [1.165, 1.54) is 60.8 Å². The third kappa shape index (κ3) is 4.08. The van der Waals surface area contributed by atoms with Gasteiger partial charge in [-0.25, -0.2) is 0 Å². The molecule has 0 unspecified atom stereocenters. The number of fused-ring (bicyclic) bond motifs is 14. The van der Waals surface area contributed by atoms with Crippen LogP contribution in [0.2, 0.25) is 0 Å². The van der Waals surface area contributed by atoms with Gasteiger partial charge in [-0.15, -0.1) is 0 Å². The van der Waals surface area contributed by atoms with E-state index in [0.29, 0.717) is 0 Å². The van der Waals surface area contributed by atoms with Crippen molar-refractivity contribution in [3.8, 4) is 33.4 Å². The lowest BCUT2D eigenvalue weighted by Gasteiger charge is -2.32. The largest absolute Gasteiger partial charge is 0.456 e. The summed E-state index contributed by atoms with van der Waals surface area (Å²) >= 11 is 0. The van der Waals surface area contributed by atoms with Gasteiger partial charge >= 0.3 is 0 Å². The number of para-hydroxylation sites is 2. The maximum atomic E-state index is 6.55. The number of hydrogen-bond acceptors (Lipinski definition) is 2. The van der Waals surface area contributed by atoms with Crippen molar-refractivity contribution in [2.75, 3.05) is 4.90 Å². The summed E-state index contributed by atoms with van der Waals surface area (Å²) in [5.41, 5.74) is 17.4. The molecule has 2 aliphatic rings. The van der Waals surface area contributed by atoms with Gasteiger partial charge in [-0.2, -0.15) is 0 Å². The summed E-state index contributed by atoms with van der Waals surface area (Å²) in [6.45, 7) is 0. The average molecular weight is 700 g/mol. The Hall–Kier alpha value is -7.16. The lowest BCUT2D eigenvalue weighted by Crippen LogP contribution is -2.26. The second kappa shape index (κ2) is 11.4. The van der Waals surface area contributed by atoms with Crippen molar-refractivity contribution in [3.05, 3.63) is 222 Å². The number of furan rings is 1. The molecular formula is C53H33NO. The monoisotopic (exact) mass is 699 g/mol. The first-order chi connectivity index (χ1) is 27.3. The van der Waals surface area contributed by atoms with Crippen LogP contribution < -0.4 is 4.90 Å². The summed E-state index contributed by atoms with van der Waals surface area (Å²) in [5.74, 6) is 0. The smallest absolute Gasteiger partial charge is 0.137 e. The lowest BCUT2D eigenvalue weighted by atomic mass is 9.70. The second-order valence-electron chi connectivity index (χ2n) is 14.7. The topological polar surface area (TPSA) is 16.4 Å². The molecule has 0 amide bonds. The molecule has 0 fully saturated rings. The van der Waals surface area contributed by atoms with E-state index in [9.17, 15) is 0 Å². The Balaban J connectivity index is 1.21. The lowest BCUT2D eigenvalue weighted by molar-refractivity contribution is 0.669. The number of benzene rings is 9. The summed E-state index contributed by atoms with van der Waals surface area (Å²) in [6, 6.07) is 73.3. The van der Waals surface area contributed by atoms with Gasteiger partial charge in [-0.3, -0.25) is 0 Å². The molecule has 0 N–H and O–H groups in total. The number of hydrogen-bond donors (Lipinski definition) is 0. The highest BCUT2D eigenvalue weighted by molar-refractivity contribution is 6.15. The zero-order chi connectivity index (χ0) is 36.1. The molecule has 0 radical (unpaired) electrons. The summed E-state index contributed by atoms with van der Waals surface area (Å²) < 4.78 is 6.55. The van der Waals surface area contributed by atoms with Gasteiger partial charge in [0.25, 0.3) is 0 Å². The van der Waals surface area contributed by atoms with Crippen LogP contribution in [0.15, 0.2) is 205 Å². The predicted octanol–water partition coefficient (Wildman–Crippen LogP) is 14.2. The normalized spacial score (nSPS) is 13.2. The van der Waals surface area contributed by atoms with E-state index >= 15 is 0 Å². The number of nitrogens with zero attached hydrogens (tertiary/aromatic N) is 1. The van der Waals surface area contributed by atoms with Crippen molar-refractivity contribution in [2.45, 2.75) is 5.41 Å².